The summed E-state index contributed by atoms with van der Waals surface area (Å²) in [5.41, 5.74) is 0. The van der Waals surface area contributed by atoms with Gasteiger partial charge in [-0.1, -0.05) is 117 Å². The standard InChI is InChI=1S/C40H84N2O8S2/c1-5-9-11-13-15-17-19-21-23-27-31-41(7-3,35-39(43)37-51(45,46)47)33-29-25-26-30-34-42(8-4,36-40(44)38-52(48,49)50)32-28-24-22-20-18-16-14-12-10-6-2/h39-40,43-44H,5-38H2,1-4H3/p+2. The van der Waals surface area contributed by atoms with Gasteiger partial charge < -0.3 is 19.2 Å². The summed E-state index contributed by atoms with van der Waals surface area (Å²) in [6, 6.07) is 0. The van der Waals surface area contributed by atoms with Gasteiger partial charge in [-0.15, -0.1) is 0 Å². The van der Waals surface area contributed by atoms with E-state index in [2.05, 4.69) is 27.7 Å². The number of quaternary nitrogens is 2. The van der Waals surface area contributed by atoms with Gasteiger partial charge in [0.2, 0.25) is 0 Å². The predicted octanol–water partition coefficient (Wildman–Crippen LogP) is 8.56. The van der Waals surface area contributed by atoms with Crippen LogP contribution in [0.4, 0.5) is 0 Å². The van der Waals surface area contributed by atoms with Gasteiger partial charge in [0.15, 0.2) is 0 Å². The van der Waals surface area contributed by atoms with Gasteiger partial charge in [-0.25, -0.2) is 0 Å². The van der Waals surface area contributed by atoms with E-state index in [1.165, 1.54) is 103 Å². The zero-order chi connectivity index (χ0) is 39.2. The molecule has 0 spiro atoms. The van der Waals surface area contributed by atoms with Crippen molar-refractivity contribution in [3.63, 3.8) is 0 Å². The summed E-state index contributed by atoms with van der Waals surface area (Å²) in [7, 11) is -8.52. The van der Waals surface area contributed by atoms with E-state index >= 15 is 0 Å². The molecule has 4 unspecified atom stereocenters. The molecular formula is C40H86N2O8S2+2. The lowest BCUT2D eigenvalue weighted by Crippen LogP contribution is -2.54. The van der Waals surface area contributed by atoms with Gasteiger partial charge in [0.25, 0.3) is 20.2 Å². The molecule has 314 valence electrons. The molecule has 4 N–H and O–H groups in total. The van der Waals surface area contributed by atoms with Crippen LogP contribution >= 0.6 is 0 Å². The molecule has 0 rings (SSSR count). The lowest BCUT2D eigenvalue weighted by Gasteiger charge is -2.40. The number of nitrogens with zero attached hydrogens (tertiary/aromatic N) is 2. The summed E-state index contributed by atoms with van der Waals surface area (Å²) in [5, 5.41) is 21.3. The first-order valence-electron chi connectivity index (χ1n) is 21.6. The Morgan fingerprint density at radius 2 is 0.596 bits per heavy atom. The van der Waals surface area contributed by atoms with Crippen LogP contribution in [0, 0.1) is 0 Å². The van der Waals surface area contributed by atoms with Crippen molar-refractivity contribution in [1.82, 2.24) is 0 Å². The normalized spacial score (nSPS) is 16.1. The van der Waals surface area contributed by atoms with Crippen molar-refractivity contribution in [2.45, 2.75) is 194 Å². The average molecular weight is 787 g/mol. The summed E-state index contributed by atoms with van der Waals surface area (Å²) in [5.74, 6) is -1.27. The topological polar surface area (TPSA) is 149 Å². The molecule has 12 heteroatoms. The van der Waals surface area contributed by atoms with Crippen LogP contribution in [0.5, 0.6) is 0 Å². The molecule has 0 radical (unpaired) electrons. The highest BCUT2D eigenvalue weighted by Crippen LogP contribution is 2.20. The number of likely N-dealkylation sites (N-methyl/N-ethyl adjacent to an activating group) is 2. The first-order chi connectivity index (χ1) is 24.7. The second-order valence-electron chi connectivity index (χ2n) is 16.2. The molecule has 0 heterocycles. The summed E-state index contributed by atoms with van der Waals surface area (Å²) in [4.78, 5) is 0. The third-order valence-corrected chi connectivity index (χ3v) is 12.9. The lowest BCUT2D eigenvalue weighted by molar-refractivity contribution is -0.930. The quantitative estimate of drug-likeness (QED) is 0.0275. The number of aliphatic hydroxyl groups is 2. The second-order valence-corrected chi connectivity index (χ2v) is 19.2. The zero-order valence-corrected chi connectivity index (χ0v) is 36.0. The van der Waals surface area contributed by atoms with Crippen LogP contribution in [0.15, 0.2) is 0 Å². The minimum absolute atomic E-state index is 0.314. The molecule has 0 aromatic carbocycles. The summed E-state index contributed by atoms with van der Waals surface area (Å²) >= 11 is 0. The van der Waals surface area contributed by atoms with Gasteiger partial charge in [-0.2, -0.15) is 16.8 Å². The van der Waals surface area contributed by atoms with Crippen LogP contribution in [-0.2, 0) is 20.2 Å². The summed E-state index contributed by atoms with van der Waals surface area (Å²) in [6.45, 7) is 14.4. The van der Waals surface area contributed by atoms with Crippen LogP contribution in [0.1, 0.15) is 182 Å². The fourth-order valence-corrected chi connectivity index (χ4v) is 9.27. The molecule has 0 fully saturated rings. The van der Waals surface area contributed by atoms with E-state index in [-0.39, 0.29) is 0 Å². The SMILES string of the molecule is CCCCCCCCCCCC[N+](CC)(CCCCCC[N+](CC)(CCCCCCCCCCCC)CC(O)CS(=O)(=O)O)CC(O)CS(=O)(=O)O. The number of unbranched alkanes of at least 4 members (excludes halogenated alkanes) is 21. The van der Waals surface area contributed by atoms with E-state index in [4.69, 9.17) is 0 Å². The fourth-order valence-electron chi connectivity index (χ4n) is 8.08. The second kappa shape index (κ2) is 30.8. The fraction of sp³-hybridized carbons (Fsp3) is 1.00. The third-order valence-electron chi connectivity index (χ3n) is 11.3. The smallest absolute Gasteiger partial charge is 0.267 e. The molecule has 0 aromatic rings. The Bertz CT molecular complexity index is 964. The molecule has 0 saturated heterocycles. The highest BCUT2D eigenvalue weighted by Gasteiger charge is 2.32. The first-order valence-corrected chi connectivity index (χ1v) is 24.8. The highest BCUT2D eigenvalue weighted by atomic mass is 32.2. The lowest BCUT2D eigenvalue weighted by atomic mass is 10.1. The van der Waals surface area contributed by atoms with E-state index in [1.807, 2.05) is 0 Å². The van der Waals surface area contributed by atoms with Crippen molar-refractivity contribution in [1.29, 1.82) is 0 Å². The van der Waals surface area contributed by atoms with Gasteiger partial charge in [0.1, 0.15) is 36.8 Å². The Balaban J connectivity index is 5.10. The largest absolute Gasteiger partial charge is 0.386 e. The third kappa shape index (κ3) is 29.9. The number of hydrogen-bond donors (Lipinski definition) is 4. The van der Waals surface area contributed by atoms with Crippen LogP contribution in [0.3, 0.4) is 0 Å². The Kier molecular flexibility index (Phi) is 30.6. The number of aliphatic hydroxyl groups excluding tert-OH is 2. The zero-order valence-electron chi connectivity index (χ0n) is 34.3. The van der Waals surface area contributed by atoms with E-state index in [1.54, 1.807) is 0 Å². The maximum absolute atomic E-state index is 11.5. The Morgan fingerprint density at radius 1 is 0.385 bits per heavy atom. The maximum atomic E-state index is 11.5. The van der Waals surface area contributed by atoms with Crippen molar-refractivity contribution in [3.8, 4) is 0 Å². The Labute approximate surface area is 322 Å². The van der Waals surface area contributed by atoms with Crippen LogP contribution < -0.4 is 0 Å². The highest BCUT2D eigenvalue weighted by molar-refractivity contribution is 7.86. The van der Waals surface area contributed by atoms with Crippen molar-refractivity contribution >= 4 is 20.2 Å². The molecular weight excluding hydrogens is 701 g/mol. The predicted molar refractivity (Wildman–Crippen MR) is 218 cm³/mol. The van der Waals surface area contributed by atoms with E-state index in [0.717, 1.165) is 90.6 Å². The average Bonchev–Trinajstić information content (AvgIpc) is 3.05. The van der Waals surface area contributed by atoms with E-state index in [9.17, 15) is 36.2 Å². The molecule has 0 aromatic heterocycles. The van der Waals surface area contributed by atoms with Crippen molar-refractivity contribution in [3.05, 3.63) is 0 Å². The van der Waals surface area contributed by atoms with Gasteiger partial charge in [-0.3, -0.25) is 9.11 Å². The Morgan fingerprint density at radius 3 is 0.788 bits per heavy atom. The molecule has 0 saturated carbocycles. The maximum Gasteiger partial charge on any atom is 0.267 e. The first kappa shape index (κ1) is 51.7. The molecule has 0 amide bonds. The minimum atomic E-state index is -4.26. The Hall–Kier alpha value is -0.340. The van der Waals surface area contributed by atoms with Gasteiger partial charge >= 0.3 is 0 Å². The minimum Gasteiger partial charge on any atom is -0.386 e. The molecule has 52 heavy (non-hydrogen) atoms. The molecule has 0 aliphatic heterocycles. The van der Waals surface area contributed by atoms with E-state index in [0.29, 0.717) is 22.1 Å². The summed E-state index contributed by atoms with van der Waals surface area (Å²) in [6.07, 6.45) is 26.5. The van der Waals surface area contributed by atoms with Gasteiger partial charge in [0.05, 0.1) is 39.3 Å². The monoisotopic (exact) mass is 787 g/mol. The molecule has 0 bridgehead atoms. The van der Waals surface area contributed by atoms with E-state index < -0.39 is 43.9 Å². The van der Waals surface area contributed by atoms with Gasteiger partial charge in [0, 0.05) is 0 Å². The molecule has 4 atom stereocenters. The number of hydrogen-bond acceptors (Lipinski definition) is 6. The van der Waals surface area contributed by atoms with Crippen LogP contribution in [-0.4, -0.2) is 121 Å². The molecule has 10 nitrogen and oxygen atoms in total. The number of rotatable bonds is 39. The molecule has 0 aliphatic carbocycles. The van der Waals surface area contributed by atoms with Crippen LogP contribution in [0.25, 0.3) is 0 Å². The van der Waals surface area contributed by atoms with Crippen LogP contribution in [0.2, 0.25) is 0 Å². The van der Waals surface area contributed by atoms with Gasteiger partial charge in [-0.05, 0) is 65.2 Å². The van der Waals surface area contributed by atoms with Crippen molar-refractivity contribution in [2.75, 3.05) is 63.9 Å². The van der Waals surface area contributed by atoms with Crippen molar-refractivity contribution < 1.29 is 45.1 Å². The van der Waals surface area contributed by atoms with Crippen molar-refractivity contribution in [2.24, 2.45) is 0 Å². The summed E-state index contributed by atoms with van der Waals surface area (Å²) < 4.78 is 66.1. The molecule has 0 aliphatic rings.